The molecule has 2 aromatic rings. The van der Waals surface area contributed by atoms with E-state index in [1.165, 1.54) is 0 Å². The second kappa shape index (κ2) is 18.1. The number of rotatable bonds is 19. The summed E-state index contributed by atoms with van der Waals surface area (Å²) < 4.78 is 28.7. The molecule has 0 saturated carbocycles. The third-order valence-electron chi connectivity index (χ3n) is 8.91. The van der Waals surface area contributed by atoms with Crippen LogP contribution in [0, 0.1) is 5.92 Å². The Morgan fingerprint density at radius 2 is 1.73 bits per heavy atom. The van der Waals surface area contributed by atoms with Crippen LogP contribution in [0.25, 0.3) is 0 Å². The Hall–Kier alpha value is -2.54. The predicted octanol–water partition coefficient (Wildman–Crippen LogP) is 7.04. The Labute approximate surface area is 304 Å². The summed E-state index contributed by atoms with van der Waals surface area (Å²) in [4.78, 5) is 18.3. The van der Waals surface area contributed by atoms with E-state index in [-0.39, 0.29) is 22.7 Å². The van der Waals surface area contributed by atoms with Crippen LogP contribution in [0.1, 0.15) is 41.8 Å². The van der Waals surface area contributed by atoms with Crippen molar-refractivity contribution in [3.63, 3.8) is 0 Å². The summed E-state index contributed by atoms with van der Waals surface area (Å²) in [6, 6.07) is 10.3. The van der Waals surface area contributed by atoms with Gasteiger partial charge in [-0.05, 0) is 55.9 Å². The van der Waals surface area contributed by atoms with Gasteiger partial charge in [0, 0.05) is 55.0 Å². The first-order chi connectivity index (χ1) is 23.8. The van der Waals surface area contributed by atoms with Crippen LogP contribution >= 0.6 is 33.2 Å². The number of ether oxygens (including phenoxy) is 5. The number of allylic oxidation sites excluding steroid dienone is 2. The van der Waals surface area contributed by atoms with Crippen molar-refractivity contribution in [2.75, 3.05) is 83.4 Å². The van der Waals surface area contributed by atoms with Crippen LogP contribution in [-0.2, 0) is 26.7 Å². The number of carbonyl (C=O) groups is 1. The monoisotopic (exact) mass is 731 g/mol. The van der Waals surface area contributed by atoms with Gasteiger partial charge in [0.15, 0.2) is 11.5 Å². The number of nitrogens with zero attached hydrogens (tertiary/aromatic N) is 2. The zero-order valence-corrected chi connectivity index (χ0v) is 31.6. The van der Waals surface area contributed by atoms with Crippen molar-refractivity contribution >= 4 is 50.5 Å². The largest absolute Gasteiger partial charge is 0.493 e. The highest BCUT2D eigenvalue weighted by atomic mass is 35.5. The molecule has 49 heavy (non-hydrogen) atoms. The van der Waals surface area contributed by atoms with Gasteiger partial charge in [-0.15, -0.1) is 11.6 Å². The molecular weight excluding hydrogens is 682 g/mol. The number of benzene rings is 2. The van der Waals surface area contributed by atoms with E-state index in [0.29, 0.717) is 81.6 Å². The molecular formula is C37H50ClN3O6S2. The predicted molar refractivity (Wildman–Crippen MR) is 203 cm³/mol. The summed E-state index contributed by atoms with van der Waals surface area (Å²) in [5.41, 5.74) is 4.44. The highest BCUT2D eigenvalue weighted by Gasteiger charge is 2.44. The van der Waals surface area contributed by atoms with Crippen LogP contribution in [0.15, 0.2) is 54.6 Å². The third-order valence-corrected chi connectivity index (χ3v) is 11.8. The maximum atomic E-state index is 13.9. The van der Waals surface area contributed by atoms with Crippen LogP contribution in [-0.4, -0.2) is 101 Å². The second-order valence-corrected chi connectivity index (χ2v) is 16.4. The molecule has 0 aromatic heterocycles. The number of alkyl halides is 1. The lowest BCUT2D eigenvalue weighted by Crippen LogP contribution is -2.42. The van der Waals surface area contributed by atoms with Crippen LogP contribution in [0.5, 0.6) is 11.5 Å². The van der Waals surface area contributed by atoms with Gasteiger partial charge in [-0.2, -0.15) is 0 Å². The lowest BCUT2D eigenvalue weighted by atomic mass is 9.94. The summed E-state index contributed by atoms with van der Waals surface area (Å²) in [7, 11) is 6.91. The molecule has 0 spiro atoms. The fraction of sp³-hybridized carbons (Fsp3) is 0.541. The van der Waals surface area contributed by atoms with Gasteiger partial charge in [-0.25, -0.2) is 0 Å². The quantitative estimate of drug-likeness (QED) is 0.0924. The molecule has 0 bridgehead atoms. The maximum absolute atomic E-state index is 13.9. The molecule has 2 unspecified atom stereocenters. The number of methoxy groups -OCH3 is 2. The van der Waals surface area contributed by atoms with Crippen LogP contribution in [0.4, 0.5) is 11.4 Å². The summed E-state index contributed by atoms with van der Waals surface area (Å²) in [6.45, 7) is 9.81. The van der Waals surface area contributed by atoms with Crippen molar-refractivity contribution in [2.24, 2.45) is 5.92 Å². The van der Waals surface area contributed by atoms with E-state index in [4.69, 9.17) is 35.3 Å². The molecule has 2 aromatic carbocycles. The first-order valence-corrected chi connectivity index (χ1v) is 19.9. The number of amides is 1. The first-order valence-electron chi connectivity index (χ1n) is 16.8. The van der Waals surface area contributed by atoms with E-state index in [1.807, 2.05) is 33.9 Å². The molecule has 268 valence electrons. The van der Waals surface area contributed by atoms with E-state index >= 15 is 0 Å². The van der Waals surface area contributed by atoms with Crippen LogP contribution in [0.3, 0.4) is 0 Å². The Kier molecular flexibility index (Phi) is 13.9. The van der Waals surface area contributed by atoms with E-state index in [2.05, 4.69) is 66.7 Å². The van der Waals surface area contributed by atoms with Crippen molar-refractivity contribution in [1.82, 2.24) is 4.90 Å². The van der Waals surface area contributed by atoms with Crippen LogP contribution < -0.4 is 19.7 Å². The summed E-state index contributed by atoms with van der Waals surface area (Å²) in [5.74, 6) is 1.86. The molecule has 2 heterocycles. The van der Waals surface area contributed by atoms with Crippen LogP contribution in [0.2, 0.25) is 0 Å². The molecule has 1 fully saturated rings. The molecule has 2 aliphatic heterocycles. The number of nitrogens with one attached hydrogen (secondary N) is 1. The minimum atomic E-state index is -0.00406. The van der Waals surface area contributed by atoms with Gasteiger partial charge >= 0.3 is 0 Å². The molecule has 3 aliphatic rings. The van der Waals surface area contributed by atoms with Gasteiger partial charge in [0.2, 0.25) is 0 Å². The van der Waals surface area contributed by atoms with E-state index in [1.54, 1.807) is 25.0 Å². The average molecular weight is 732 g/mol. The number of fused-ring (bicyclic) bond motifs is 4. The lowest BCUT2D eigenvalue weighted by Gasteiger charge is -2.34. The maximum Gasteiger partial charge on any atom is 0.256 e. The van der Waals surface area contributed by atoms with Crippen molar-refractivity contribution in [1.29, 1.82) is 0 Å². The number of hydrogen-bond donors (Lipinski definition) is 1. The summed E-state index contributed by atoms with van der Waals surface area (Å²) >= 11 is 6.43. The number of halogens is 1. The highest BCUT2D eigenvalue weighted by Crippen LogP contribution is 2.41. The van der Waals surface area contributed by atoms with Gasteiger partial charge in [0.05, 0.1) is 63.5 Å². The minimum Gasteiger partial charge on any atom is -0.493 e. The standard InChI is InChI=1S/C37H50ClN3O6S2/c1-37(2,49-48-5)25-40(10-11-45-14-15-46-13-12-43-3)29-17-26(22-38)16-27(18-29)24-47-35-21-32-31(20-34(35)44-4)36(42)41-30(23-39-32)19-28-8-6-7-9-33(28)41/h6-9,16-18,20-21,28,30,33,39H,10-15,19,22-25H2,1-5H3/t28?,30-,33?/m0/s1. The normalized spacial score (nSPS) is 19.6. The first kappa shape index (κ1) is 37.7. The average Bonchev–Trinajstić information content (AvgIpc) is 3.42. The zero-order valence-electron chi connectivity index (χ0n) is 29.2. The fourth-order valence-corrected chi connectivity index (χ4v) is 9.06. The Morgan fingerprint density at radius 3 is 2.49 bits per heavy atom. The van der Waals surface area contributed by atoms with Gasteiger partial charge < -0.3 is 38.8 Å². The molecule has 1 aliphatic carbocycles. The molecule has 1 saturated heterocycles. The fourth-order valence-electron chi connectivity index (χ4n) is 6.73. The third kappa shape index (κ3) is 9.83. The smallest absolute Gasteiger partial charge is 0.256 e. The molecule has 1 amide bonds. The molecule has 3 atom stereocenters. The Balaban J connectivity index is 1.31. The number of hydrogen-bond acceptors (Lipinski definition) is 10. The summed E-state index contributed by atoms with van der Waals surface area (Å²) in [6.07, 6.45) is 11.5. The van der Waals surface area contributed by atoms with Crippen molar-refractivity contribution in [3.8, 4) is 11.5 Å². The van der Waals surface area contributed by atoms with E-state index in [0.717, 1.165) is 35.5 Å². The molecule has 0 radical (unpaired) electrons. The number of carbonyl (C=O) groups excluding carboxylic acids is 1. The Bertz CT molecular complexity index is 1470. The minimum absolute atomic E-state index is 0.00406. The molecule has 1 N–H and O–H groups in total. The zero-order chi connectivity index (χ0) is 34.8. The van der Waals surface area contributed by atoms with Crippen molar-refractivity contribution in [3.05, 3.63) is 71.3 Å². The molecule has 9 nitrogen and oxygen atoms in total. The topological polar surface area (TPSA) is 81.7 Å². The highest BCUT2D eigenvalue weighted by molar-refractivity contribution is 8.77. The van der Waals surface area contributed by atoms with E-state index < -0.39 is 0 Å². The van der Waals surface area contributed by atoms with Gasteiger partial charge in [-0.3, -0.25) is 4.79 Å². The second-order valence-electron chi connectivity index (χ2n) is 13.0. The summed E-state index contributed by atoms with van der Waals surface area (Å²) in [5, 5.41) is 3.54. The lowest BCUT2D eigenvalue weighted by molar-refractivity contribution is 0.0264. The number of anilines is 2. The van der Waals surface area contributed by atoms with Crippen molar-refractivity contribution in [2.45, 2.75) is 49.6 Å². The van der Waals surface area contributed by atoms with Gasteiger partial charge in [-0.1, -0.05) is 52.0 Å². The Morgan fingerprint density at radius 1 is 0.980 bits per heavy atom. The van der Waals surface area contributed by atoms with Crippen molar-refractivity contribution < 1.29 is 28.5 Å². The van der Waals surface area contributed by atoms with E-state index in [9.17, 15) is 4.79 Å². The van der Waals surface area contributed by atoms with Gasteiger partial charge in [0.1, 0.15) is 6.61 Å². The van der Waals surface area contributed by atoms with Gasteiger partial charge in [0.25, 0.3) is 5.91 Å². The molecule has 12 heteroatoms. The SMILES string of the molecule is COCCOCCOCCN(CC(C)(C)SSC)c1cc(CCl)cc(COc2cc3c(cc2OC)C(=O)N2C4C=CC=CC4C[C@H]2CN3)c1. The molecule has 5 rings (SSSR count).